The molecule has 2 aliphatic heterocycles. The Labute approximate surface area is 112 Å². The standard InChI is InChI=1S/C10H14INO5/c1-4-7(14)5(11)2-12(4)10-9(16)8(15)6(3-13)17-10/h2,4,6,8-10,13,15-16H,3H2,1H3/t4-,6?,8?,9?,10?/m0/s1. The summed E-state index contributed by atoms with van der Waals surface area (Å²) in [6, 6.07) is -0.425. The SMILES string of the molecule is C[C@H]1C(=O)C(I)=CN1C1OC(CO)C(O)C1O. The number of hydrogen-bond acceptors (Lipinski definition) is 6. The van der Waals surface area contributed by atoms with E-state index in [1.54, 1.807) is 18.0 Å². The first kappa shape index (κ1) is 13.2. The van der Waals surface area contributed by atoms with E-state index in [-0.39, 0.29) is 12.4 Å². The Morgan fingerprint density at radius 1 is 1.47 bits per heavy atom. The van der Waals surface area contributed by atoms with Gasteiger partial charge in [0, 0.05) is 6.20 Å². The highest BCUT2D eigenvalue weighted by Crippen LogP contribution is 2.31. The molecule has 1 fully saturated rings. The van der Waals surface area contributed by atoms with Crippen molar-refractivity contribution in [2.24, 2.45) is 0 Å². The summed E-state index contributed by atoms with van der Waals surface area (Å²) in [5.41, 5.74) is 0. The Bertz CT molecular complexity index is 361. The molecule has 0 spiro atoms. The molecule has 2 rings (SSSR count). The smallest absolute Gasteiger partial charge is 0.192 e. The largest absolute Gasteiger partial charge is 0.394 e. The van der Waals surface area contributed by atoms with E-state index in [4.69, 9.17) is 9.84 Å². The molecule has 2 heterocycles. The molecule has 0 amide bonds. The summed E-state index contributed by atoms with van der Waals surface area (Å²) in [5, 5.41) is 28.5. The highest BCUT2D eigenvalue weighted by molar-refractivity contribution is 14.1. The number of carbonyl (C=O) groups excluding carboxylic acids is 1. The zero-order valence-corrected chi connectivity index (χ0v) is 11.3. The minimum absolute atomic E-state index is 0.0386. The van der Waals surface area contributed by atoms with Gasteiger partial charge >= 0.3 is 0 Å². The third-order valence-electron chi connectivity index (χ3n) is 3.14. The van der Waals surface area contributed by atoms with Gasteiger partial charge in [-0.3, -0.25) is 4.79 Å². The molecule has 17 heavy (non-hydrogen) atoms. The van der Waals surface area contributed by atoms with Gasteiger partial charge in [0.2, 0.25) is 0 Å². The minimum atomic E-state index is -1.14. The van der Waals surface area contributed by atoms with E-state index in [1.807, 2.05) is 22.6 Å². The molecule has 0 bridgehead atoms. The number of rotatable bonds is 2. The Morgan fingerprint density at radius 2 is 2.12 bits per heavy atom. The summed E-state index contributed by atoms with van der Waals surface area (Å²) in [6.45, 7) is 1.34. The number of ether oxygens (including phenoxy) is 1. The molecular weight excluding hydrogens is 341 g/mol. The van der Waals surface area contributed by atoms with Crippen molar-refractivity contribution in [3.8, 4) is 0 Å². The zero-order chi connectivity index (χ0) is 12.7. The molecule has 0 aromatic carbocycles. The summed E-state index contributed by atoms with van der Waals surface area (Å²) in [4.78, 5) is 13.2. The highest BCUT2D eigenvalue weighted by atomic mass is 127. The number of carbonyl (C=O) groups is 1. The van der Waals surface area contributed by atoms with Crippen LogP contribution in [-0.4, -0.2) is 63.2 Å². The summed E-state index contributed by atoms with van der Waals surface area (Å²) >= 11 is 1.92. The zero-order valence-electron chi connectivity index (χ0n) is 9.15. The van der Waals surface area contributed by atoms with E-state index in [0.29, 0.717) is 3.58 Å². The summed E-state index contributed by atoms with van der Waals surface area (Å²) < 4.78 is 5.92. The maximum atomic E-state index is 11.6. The van der Waals surface area contributed by atoms with Crippen LogP contribution in [0.15, 0.2) is 9.78 Å². The van der Waals surface area contributed by atoms with Crippen molar-refractivity contribution in [3.05, 3.63) is 9.78 Å². The van der Waals surface area contributed by atoms with Gasteiger partial charge in [0.1, 0.15) is 18.3 Å². The van der Waals surface area contributed by atoms with Gasteiger partial charge in [-0.25, -0.2) is 0 Å². The summed E-state index contributed by atoms with van der Waals surface area (Å²) in [6.07, 6.45) is -2.29. The molecule has 0 saturated carbocycles. The van der Waals surface area contributed by atoms with Gasteiger partial charge in [0.05, 0.1) is 16.2 Å². The summed E-state index contributed by atoms with van der Waals surface area (Å²) in [5.74, 6) is -0.0386. The lowest BCUT2D eigenvalue weighted by molar-refractivity contribution is -0.124. The van der Waals surface area contributed by atoms with Crippen molar-refractivity contribution in [1.29, 1.82) is 0 Å². The Morgan fingerprint density at radius 3 is 2.53 bits per heavy atom. The van der Waals surface area contributed by atoms with Crippen LogP contribution in [0, 0.1) is 0 Å². The number of aliphatic hydroxyl groups is 3. The Kier molecular flexibility index (Phi) is 3.74. The fraction of sp³-hybridized carbons (Fsp3) is 0.700. The molecule has 5 atom stereocenters. The van der Waals surface area contributed by atoms with Gasteiger partial charge in [0.25, 0.3) is 0 Å². The first-order chi connectivity index (χ1) is 7.97. The second-order valence-corrected chi connectivity index (χ2v) is 5.36. The molecule has 2 aliphatic rings. The molecule has 6 nitrogen and oxygen atoms in total. The van der Waals surface area contributed by atoms with Crippen molar-refractivity contribution >= 4 is 28.4 Å². The molecular formula is C10H14INO5. The molecule has 4 unspecified atom stereocenters. The van der Waals surface area contributed by atoms with Crippen LogP contribution in [0.5, 0.6) is 0 Å². The van der Waals surface area contributed by atoms with Gasteiger partial charge < -0.3 is 25.0 Å². The topological polar surface area (TPSA) is 90.2 Å². The van der Waals surface area contributed by atoms with Crippen LogP contribution in [-0.2, 0) is 9.53 Å². The quantitative estimate of drug-likeness (QED) is 0.550. The molecule has 0 aromatic heterocycles. The van der Waals surface area contributed by atoms with E-state index in [0.717, 1.165) is 0 Å². The summed E-state index contributed by atoms with van der Waals surface area (Å²) in [7, 11) is 0. The molecule has 3 N–H and O–H groups in total. The van der Waals surface area contributed by atoms with Gasteiger partial charge in [-0.1, -0.05) is 0 Å². The lowest BCUT2D eigenvalue weighted by Crippen LogP contribution is -2.45. The fourth-order valence-electron chi connectivity index (χ4n) is 2.06. The van der Waals surface area contributed by atoms with Crippen LogP contribution in [0.1, 0.15) is 6.92 Å². The fourth-order valence-corrected chi connectivity index (χ4v) is 2.83. The Hall–Kier alpha value is -0.220. The third-order valence-corrected chi connectivity index (χ3v) is 3.95. The molecule has 0 radical (unpaired) electrons. The third kappa shape index (κ3) is 2.10. The maximum Gasteiger partial charge on any atom is 0.192 e. The molecule has 96 valence electrons. The van der Waals surface area contributed by atoms with Crippen LogP contribution in [0.2, 0.25) is 0 Å². The van der Waals surface area contributed by atoms with Gasteiger partial charge in [0.15, 0.2) is 12.0 Å². The molecule has 1 saturated heterocycles. The van der Waals surface area contributed by atoms with E-state index in [9.17, 15) is 15.0 Å². The van der Waals surface area contributed by atoms with Gasteiger partial charge in [-0.15, -0.1) is 0 Å². The van der Waals surface area contributed by atoms with Gasteiger partial charge in [-0.2, -0.15) is 0 Å². The van der Waals surface area contributed by atoms with E-state index in [1.165, 1.54) is 0 Å². The van der Waals surface area contributed by atoms with Crippen LogP contribution in [0.4, 0.5) is 0 Å². The van der Waals surface area contributed by atoms with E-state index in [2.05, 4.69) is 0 Å². The number of Topliss-reactive ketones (excluding diaryl/α,β-unsaturated/α-hetero) is 1. The second kappa shape index (κ2) is 4.81. The number of hydrogen-bond donors (Lipinski definition) is 3. The monoisotopic (exact) mass is 355 g/mol. The van der Waals surface area contributed by atoms with Crippen molar-refractivity contribution in [2.75, 3.05) is 6.61 Å². The first-order valence-electron chi connectivity index (χ1n) is 5.28. The van der Waals surface area contributed by atoms with Crippen LogP contribution < -0.4 is 0 Å². The van der Waals surface area contributed by atoms with Crippen molar-refractivity contribution < 1.29 is 24.9 Å². The number of nitrogens with zero attached hydrogens (tertiary/aromatic N) is 1. The van der Waals surface area contributed by atoms with E-state index >= 15 is 0 Å². The molecule has 0 aromatic rings. The van der Waals surface area contributed by atoms with Crippen LogP contribution in [0.25, 0.3) is 0 Å². The molecule has 7 heteroatoms. The average molecular weight is 355 g/mol. The highest BCUT2D eigenvalue weighted by Gasteiger charge is 2.48. The predicted octanol–water partition coefficient (Wildman–Crippen LogP) is -1.03. The number of halogens is 1. The van der Waals surface area contributed by atoms with E-state index < -0.39 is 30.6 Å². The Balaban J connectivity index is 2.17. The van der Waals surface area contributed by atoms with Crippen molar-refractivity contribution in [2.45, 2.75) is 37.5 Å². The lowest BCUT2D eigenvalue weighted by atomic mass is 10.1. The average Bonchev–Trinajstić information content (AvgIpc) is 2.73. The number of aliphatic hydroxyl groups excluding tert-OH is 3. The lowest BCUT2D eigenvalue weighted by Gasteiger charge is -2.29. The predicted molar refractivity (Wildman–Crippen MR) is 66.2 cm³/mol. The maximum absolute atomic E-state index is 11.6. The first-order valence-corrected chi connectivity index (χ1v) is 6.36. The van der Waals surface area contributed by atoms with Crippen molar-refractivity contribution in [1.82, 2.24) is 4.90 Å². The number of ketones is 1. The normalized spacial score (nSPS) is 42.2. The van der Waals surface area contributed by atoms with Crippen molar-refractivity contribution in [3.63, 3.8) is 0 Å². The van der Waals surface area contributed by atoms with Crippen LogP contribution in [0.3, 0.4) is 0 Å². The molecule has 0 aliphatic carbocycles. The second-order valence-electron chi connectivity index (χ2n) is 4.19. The van der Waals surface area contributed by atoms with Gasteiger partial charge in [-0.05, 0) is 29.5 Å². The minimum Gasteiger partial charge on any atom is -0.394 e. The van der Waals surface area contributed by atoms with Crippen LogP contribution >= 0.6 is 22.6 Å².